The number of hydrogen-bond donors (Lipinski definition) is 0. The number of hydrogen-bond acceptors (Lipinski definition) is 3. The van der Waals surface area contributed by atoms with E-state index in [0.717, 1.165) is 0 Å². The first-order chi connectivity index (χ1) is 7.15. The summed E-state index contributed by atoms with van der Waals surface area (Å²) < 4.78 is 17.8. The molecule has 0 heterocycles. The van der Waals surface area contributed by atoms with Gasteiger partial charge in [0.05, 0.1) is 18.2 Å². The number of esters is 1. The standard InChI is InChI=1S/C11H10FNO2/c1-3-7-9(6-13)8(11(14)15-2)4-5-10(7)12/h4-5H,3H2,1-2H3. The molecule has 3 nitrogen and oxygen atoms in total. The van der Waals surface area contributed by atoms with Gasteiger partial charge in [-0.25, -0.2) is 9.18 Å². The maximum atomic E-state index is 13.3. The molecular formula is C11H10FNO2. The lowest BCUT2D eigenvalue weighted by Gasteiger charge is -2.07. The van der Waals surface area contributed by atoms with E-state index < -0.39 is 11.8 Å². The average molecular weight is 207 g/mol. The molecule has 0 saturated carbocycles. The molecule has 78 valence electrons. The minimum Gasteiger partial charge on any atom is -0.465 e. The number of nitrogens with zero attached hydrogens (tertiary/aromatic N) is 1. The molecule has 0 fully saturated rings. The summed E-state index contributed by atoms with van der Waals surface area (Å²) in [6.07, 6.45) is 0.361. The highest BCUT2D eigenvalue weighted by molar-refractivity contribution is 5.92. The van der Waals surface area contributed by atoms with Gasteiger partial charge in [-0.15, -0.1) is 0 Å². The monoisotopic (exact) mass is 207 g/mol. The van der Waals surface area contributed by atoms with Gasteiger partial charge in [-0.3, -0.25) is 0 Å². The van der Waals surface area contributed by atoms with Crippen LogP contribution in [0.2, 0.25) is 0 Å². The molecule has 0 amide bonds. The fraction of sp³-hybridized carbons (Fsp3) is 0.273. The lowest BCUT2D eigenvalue weighted by molar-refractivity contribution is 0.0600. The molecule has 0 spiro atoms. The Bertz CT molecular complexity index is 435. The molecule has 0 saturated heterocycles. The summed E-state index contributed by atoms with van der Waals surface area (Å²) >= 11 is 0. The third-order valence-electron chi connectivity index (χ3n) is 2.13. The van der Waals surface area contributed by atoms with Crippen molar-refractivity contribution in [2.24, 2.45) is 0 Å². The number of benzene rings is 1. The van der Waals surface area contributed by atoms with Crippen LogP contribution in [0.4, 0.5) is 4.39 Å². The quantitative estimate of drug-likeness (QED) is 0.697. The van der Waals surface area contributed by atoms with Gasteiger partial charge in [-0.1, -0.05) is 6.92 Å². The van der Waals surface area contributed by atoms with Crippen LogP contribution in [-0.2, 0) is 11.2 Å². The normalized spacial score (nSPS) is 9.47. The highest BCUT2D eigenvalue weighted by atomic mass is 19.1. The van der Waals surface area contributed by atoms with E-state index in [1.165, 1.54) is 19.2 Å². The molecule has 0 aliphatic heterocycles. The van der Waals surface area contributed by atoms with Gasteiger partial charge >= 0.3 is 5.97 Å². The Labute approximate surface area is 87.1 Å². The van der Waals surface area contributed by atoms with Crippen LogP contribution in [0.15, 0.2) is 12.1 Å². The van der Waals surface area contributed by atoms with Gasteiger partial charge in [0.15, 0.2) is 0 Å². The third kappa shape index (κ3) is 1.96. The molecule has 0 aliphatic carbocycles. The van der Waals surface area contributed by atoms with E-state index in [9.17, 15) is 9.18 Å². The van der Waals surface area contributed by atoms with Crippen LogP contribution >= 0.6 is 0 Å². The van der Waals surface area contributed by atoms with Crippen molar-refractivity contribution in [1.82, 2.24) is 0 Å². The second-order valence-electron chi connectivity index (χ2n) is 2.91. The zero-order valence-electron chi connectivity index (χ0n) is 8.50. The van der Waals surface area contributed by atoms with Crippen LogP contribution in [0.25, 0.3) is 0 Å². The number of halogens is 1. The topological polar surface area (TPSA) is 50.1 Å². The zero-order chi connectivity index (χ0) is 11.4. The van der Waals surface area contributed by atoms with Crippen LogP contribution in [0.5, 0.6) is 0 Å². The van der Waals surface area contributed by atoms with Gasteiger partial charge < -0.3 is 4.74 Å². The first kappa shape index (κ1) is 11.2. The van der Waals surface area contributed by atoms with Gasteiger partial charge in [-0.05, 0) is 18.6 Å². The van der Waals surface area contributed by atoms with Crippen molar-refractivity contribution in [2.45, 2.75) is 13.3 Å². The summed E-state index contributed by atoms with van der Waals surface area (Å²) in [6, 6.07) is 4.27. The van der Waals surface area contributed by atoms with Gasteiger partial charge in [-0.2, -0.15) is 5.26 Å². The van der Waals surface area contributed by atoms with Crippen LogP contribution in [-0.4, -0.2) is 13.1 Å². The highest BCUT2D eigenvalue weighted by Crippen LogP contribution is 2.19. The fourth-order valence-corrected chi connectivity index (χ4v) is 1.38. The Morgan fingerprint density at radius 1 is 1.60 bits per heavy atom. The molecule has 0 atom stereocenters. The molecular weight excluding hydrogens is 197 g/mol. The van der Waals surface area contributed by atoms with Gasteiger partial charge in [0.1, 0.15) is 11.9 Å². The molecule has 1 aromatic carbocycles. The Morgan fingerprint density at radius 2 is 2.27 bits per heavy atom. The van der Waals surface area contributed by atoms with E-state index in [4.69, 9.17) is 5.26 Å². The predicted octanol–water partition coefficient (Wildman–Crippen LogP) is 2.05. The Hall–Kier alpha value is -1.89. The van der Waals surface area contributed by atoms with Crippen LogP contribution in [0.1, 0.15) is 28.4 Å². The van der Waals surface area contributed by atoms with Crippen molar-refractivity contribution in [2.75, 3.05) is 7.11 Å². The number of carbonyl (C=O) groups is 1. The predicted molar refractivity (Wildman–Crippen MR) is 51.8 cm³/mol. The average Bonchev–Trinajstić information content (AvgIpc) is 2.27. The number of nitriles is 1. The molecule has 0 unspecified atom stereocenters. The number of carbonyl (C=O) groups excluding carboxylic acids is 1. The summed E-state index contributed by atoms with van der Waals surface area (Å²) in [7, 11) is 1.22. The number of rotatable bonds is 2. The molecule has 0 N–H and O–H groups in total. The highest BCUT2D eigenvalue weighted by Gasteiger charge is 2.17. The summed E-state index contributed by atoms with van der Waals surface area (Å²) in [5.41, 5.74) is 0.419. The van der Waals surface area contributed by atoms with Crippen molar-refractivity contribution >= 4 is 5.97 Å². The van der Waals surface area contributed by atoms with E-state index in [1.807, 2.05) is 6.07 Å². The van der Waals surface area contributed by atoms with Crippen molar-refractivity contribution in [3.63, 3.8) is 0 Å². The van der Waals surface area contributed by atoms with Gasteiger partial charge in [0.2, 0.25) is 0 Å². The minimum atomic E-state index is -0.624. The van der Waals surface area contributed by atoms with Gasteiger partial charge in [0.25, 0.3) is 0 Å². The fourth-order valence-electron chi connectivity index (χ4n) is 1.38. The van der Waals surface area contributed by atoms with Crippen LogP contribution in [0, 0.1) is 17.1 Å². The van der Waals surface area contributed by atoms with E-state index >= 15 is 0 Å². The first-order valence-corrected chi connectivity index (χ1v) is 4.45. The summed E-state index contributed by atoms with van der Waals surface area (Å²) in [5.74, 6) is -1.09. The van der Waals surface area contributed by atoms with Crippen LogP contribution < -0.4 is 0 Å². The lowest BCUT2D eigenvalue weighted by Crippen LogP contribution is -2.07. The second-order valence-corrected chi connectivity index (χ2v) is 2.91. The number of methoxy groups -OCH3 is 1. The smallest absolute Gasteiger partial charge is 0.339 e. The van der Waals surface area contributed by atoms with Crippen molar-refractivity contribution < 1.29 is 13.9 Å². The lowest BCUT2D eigenvalue weighted by atomic mass is 9.99. The number of ether oxygens (including phenoxy) is 1. The van der Waals surface area contributed by atoms with Crippen LogP contribution in [0.3, 0.4) is 0 Å². The molecule has 15 heavy (non-hydrogen) atoms. The largest absolute Gasteiger partial charge is 0.465 e. The molecule has 0 aromatic heterocycles. The maximum Gasteiger partial charge on any atom is 0.339 e. The van der Waals surface area contributed by atoms with Crippen molar-refractivity contribution in [3.8, 4) is 6.07 Å². The molecule has 4 heteroatoms. The second kappa shape index (κ2) is 4.56. The molecule has 1 rings (SSSR count). The molecule has 0 aliphatic rings. The van der Waals surface area contributed by atoms with E-state index in [0.29, 0.717) is 6.42 Å². The minimum absolute atomic E-state index is 0.0596. The van der Waals surface area contributed by atoms with Gasteiger partial charge in [0, 0.05) is 5.56 Å². The molecule has 0 radical (unpaired) electrons. The molecule has 1 aromatic rings. The van der Waals surface area contributed by atoms with E-state index in [2.05, 4.69) is 4.74 Å². The SMILES string of the molecule is CCc1c(F)ccc(C(=O)OC)c1C#N. The summed E-state index contributed by atoms with van der Waals surface area (Å²) in [4.78, 5) is 11.3. The Kier molecular flexibility index (Phi) is 3.40. The van der Waals surface area contributed by atoms with Crippen molar-refractivity contribution in [1.29, 1.82) is 5.26 Å². The first-order valence-electron chi connectivity index (χ1n) is 4.45. The Balaban J connectivity index is 3.43. The third-order valence-corrected chi connectivity index (χ3v) is 2.13. The van der Waals surface area contributed by atoms with Crippen molar-refractivity contribution in [3.05, 3.63) is 34.6 Å². The Morgan fingerprint density at radius 3 is 2.73 bits per heavy atom. The molecule has 0 bridgehead atoms. The summed E-state index contributed by atoms with van der Waals surface area (Å²) in [6.45, 7) is 1.72. The maximum absolute atomic E-state index is 13.3. The van der Waals surface area contributed by atoms with E-state index in [1.54, 1.807) is 6.92 Å². The van der Waals surface area contributed by atoms with E-state index in [-0.39, 0.29) is 16.7 Å². The zero-order valence-corrected chi connectivity index (χ0v) is 8.50. The summed E-state index contributed by atoms with van der Waals surface area (Å²) in [5, 5.41) is 8.87.